The smallest absolute Gasteiger partial charge is 0.220 e. The first-order chi connectivity index (χ1) is 12.5. The van der Waals surface area contributed by atoms with Crippen molar-refractivity contribution in [2.75, 3.05) is 18.8 Å². The third-order valence-electron chi connectivity index (χ3n) is 4.71. The van der Waals surface area contributed by atoms with Gasteiger partial charge in [0.1, 0.15) is 0 Å². The van der Waals surface area contributed by atoms with Crippen LogP contribution in [-0.4, -0.2) is 48.5 Å². The molecule has 0 saturated carbocycles. The fourth-order valence-electron chi connectivity index (χ4n) is 3.19. The number of fused-ring (bicyclic) bond motifs is 1. The topological polar surface area (TPSA) is 79.4 Å². The molecule has 26 heavy (non-hydrogen) atoms. The second-order valence-electron chi connectivity index (χ2n) is 6.57. The number of carbonyl (C=O) groups excluding carboxylic acids is 1. The maximum Gasteiger partial charge on any atom is 0.220 e. The van der Waals surface area contributed by atoms with E-state index in [1.807, 2.05) is 18.2 Å². The first kappa shape index (κ1) is 19.3. The SMILES string of the molecule is CCS(=O)(=O)N1CCC(NC(=O)CCCc2nc3ccccc3s2)CC1. The maximum absolute atomic E-state index is 12.1. The van der Waals surface area contributed by atoms with Gasteiger partial charge in [0, 0.05) is 25.6 Å². The van der Waals surface area contributed by atoms with Gasteiger partial charge >= 0.3 is 0 Å². The van der Waals surface area contributed by atoms with Gasteiger partial charge in [0.2, 0.25) is 15.9 Å². The number of para-hydroxylation sites is 1. The van der Waals surface area contributed by atoms with E-state index in [0.29, 0.717) is 32.4 Å². The lowest BCUT2D eigenvalue weighted by Gasteiger charge is -2.31. The van der Waals surface area contributed by atoms with E-state index in [-0.39, 0.29) is 17.7 Å². The predicted molar refractivity (Wildman–Crippen MR) is 105 cm³/mol. The number of hydrogen-bond acceptors (Lipinski definition) is 5. The van der Waals surface area contributed by atoms with E-state index < -0.39 is 10.0 Å². The summed E-state index contributed by atoms with van der Waals surface area (Å²) < 4.78 is 26.4. The number of nitrogens with one attached hydrogen (secondary N) is 1. The Morgan fingerprint density at radius 1 is 1.31 bits per heavy atom. The van der Waals surface area contributed by atoms with Crippen LogP contribution in [0.25, 0.3) is 10.2 Å². The van der Waals surface area contributed by atoms with Crippen LogP contribution < -0.4 is 5.32 Å². The fraction of sp³-hybridized carbons (Fsp3) is 0.556. The zero-order chi connectivity index (χ0) is 18.6. The van der Waals surface area contributed by atoms with Crippen molar-refractivity contribution in [3.8, 4) is 0 Å². The zero-order valence-electron chi connectivity index (χ0n) is 15.0. The lowest BCUT2D eigenvalue weighted by Crippen LogP contribution is -2.46. The Balaban J connectivity index is 1.39. The van der Waals surface area contributed by atoms with Crippen molar-refractivity contribution in [3.63, 3.8) is 0 Å². The summed E-state index contributed by atoms with van der Waals surface area (Å²) in [5.74, 6) is 0.179. The Hall–Kier alpha value is -1.51. The quantitative estimate of drug-likeness (QED) is 0.781. The van der Waals surface area contributed by atoms with Gasteiger partial charge in [0.25, 0.3) is 0 Å². The number of thiazole rings is 1. The highest BCUT2D eigenvalue weighted by atomic mass is 32.2. The van der Waals surface area contributed by atoms with E-state index in [1.165, 1.54) is 9.01 Å². The molecule has 0 bridgehead atoms. The summed E-state index contributed by atoms with van der Waals surface area (Å²) in [7, 11) is -3.11. The number of rotatable bonds is 7. The van der Waals surface area contributed by atoms with Crippen molar-refractivity contribution in [1.29, 1.82) is 0 Å². The largest absolute Gasteiger partial charge is 0.353 e. The van der Waals surface area contributed by atoms with Crippen LogP contribution in [0.3, 0.4) is 0 Å². The highest BCUT2D eigenvalue weighted by molar-refractivity contribution is 7.89. The molecule has 1 N–H and O–H groups in total. The molecule has 1 saturated heterocycles. The van der Waals surface area contributed by atoms with Crippen molar-refractivity contribution in [2.45, 2.75) is 45.1 Å². The number of hydrogen-bond donors (Lipinski definition) is 1. The van der Waals surface area contributed by atoms with Crippen LogP contribution >= 0.6 is 11.3 Å². The standard InChI is InChI=1S/C18H25N3O3S2/c1-2-26(23,24)21-12-10-14(11-13-21)19-17(22)8-5-9-18-20-15-6-3-4-7-16(15)25-18/h3-4,6-7,14H,2,5,8-13H2,1H3,(H,19,22). The summed E-state index contributed by atoms with van der Waals surface area (Å²) in [6.07, 6.45) is 3.42. The molecule has 0 aliphatic carbocycles. The summed E-state index contributed by atoms with van der Waals surface area (Å²) >= 11 is 1.68. The second kappa shape index (κ2) is 8.45. The van der Waals surface area contributed by atoms with Gasteiger partial charge in [-0.3, -0.25) is 4.79 Å². The molecule has 0 unspecified atom stereocenters. The maximum atomic E-state index is 12.1. The number of nitrogens with zero attached hydrogens (tertiary/aromatic N) is 2. The van der Waals surface area contributed by atoms with Crippen molar-refractivity contribution < 1.29 is 13.2 Å². The minimum atomic E-state index is -3.11. The summed E-state index contributed by atoms with van der Waals surface area (Å²) in [6.45, 7) is 2.65. The fourth-order valence-corrected chi connectivity index (χ4v) is 5.33. The van der Waals surface area contributed by atoms with Gasteiger partial charge in [0.15, 0.2) is 0 Å². The molecule has 1 aliphatic rings. The Kier molecular flexibility index (Phi) is 6.26. The first-order valence-corrected chi connectivity index (χ1v) is 11.5. The molecule has 8 heteroatoms. The number of aryl methyl sites for hydroxylation is 1. The highest BCUT2D eigenvalue weighted by Crippen LogP contribution is 2.22. The van der Waals surface area contributed by atoms with E-state index in [0.717, 1.165) is 23.4 Å². The molecular weight excluding hydrogens is 370 g/mol. The molecule has 1 aromatic carbocycles. The Bertz CT molecular complexity index is 822. The minimum Gasteiger partial charge on any atom is -0.353 e. The van der Waals surface area contributed by atoms with Crippen LogP contribution in [0, 0.1) is 0 Å². The van der Waals surface area contributed by atoms with Gasteiger partial charge in [-0.1, -0.05) is 12.1 Å². The number of amides is 1. The predicted octanol–water partition coefficient (Wildman–Crippen LogP) is 2.55. The lowest BCUT2D eigenvalue weighted by molar-refractivity contribution is -0.122. The summed E-state index contributed by atoms with van der Waals surface area (Å²) in [5.41, 5.74) is 1.02. The number of piperidine rings is 1. The molecular formula is C18H25N3O3S2. The van der Waals surface area contributed by atoms with Crippen molar-refractivity contribution in [1.82, 2.24) is 14.6 Å². The third-order valence-corrected chi connectivity index (χ3v) is 7.69. The van der Waals surface area contributed by atoms with Gasteiger partial charge in [-0.15, -0.1) is 11.3 Å². The molecule has 1 aromatic heterocycles. The number of carbonyl (C=O) groups is 1. The molecule has 142 valence electrons. The molecule has 0 atom stereocenters. The molecule has 0 spiro atoms. The molecule has 1 aliphatic heterocycles. The first-order valence-electron chi connectivity index (χ1n) is 9.09. The normalized spacial score (nSPS) is 16.8. The molecule has 2 heterocycles. The monoisotopic (exact) mass is 395 g/mol. The summed E-state index contributed by atoms with van der Waals surface area (Å²) in [6, 6.07) is 8.14. The average molecular weight is 396 g/mol. The number of benzene rings is 1. The zero-order valence-corrected chi connectivity index (χ0v) is 16.6. The van der Waals surface area contributed by atoms with E-state index in [2.05, 4.69) is 16.4 Å². The summed E-state index contributed by atoms with van der Waals surface area (Å²) in [5, 5.41) is 4.11. The Morgan fingerprint density at radius 3 is 2.73 bits per heavy atom. The van der Waals surface area contributed by atoms with E-state index in [9.17, 15) is 13.2 Å². The Labute approximate surface area is 158 Å². The molecule has 2 aromatic rings. The van der Waals surface area contributed by atoms with Crippen molar-refractivity contribution in [2.24, 2.45) is 0 Å². The number of sulfonamides is 1. The van der Waals surface area contributed by atoms with Gasteiger partial charge in [-0.05, 0) is 44.7 Å². The Morgan fingerprint density at radius 2 is 2.04 bits per heavy atom. The average Bonchev–Trinajstić information content (AvgIpc) is 3.05. The van der Waals surface area contributed by atoms with Crippen LogP contribution in [0.5, 0.6) is 0 Å². The van der Waals surface area contributed by atoms with E-state index >= 15 is 0 Å². The molecule has 1 fully saturated rings. The van der Waals surface area contributed by atoms with Crippen molar-refractivity contribution in [3.05, 3.63) is 29.3 Å². The van der Waals surface area contributed by atoms with Crippen LogP contribution in [0.1, 0.15) is 37.6 Å². The van der Waals surface area contributed by atoms with Gasteiger partial charge in [0.05, 0.1) is 21.0 Å². The number of aromatic nitrogens is 1. The molecule has 3 rings (SSSR count). The van der Waals surface area contributed by atoms with Gasteiger partial charge in [-0.25, -0.2) is 17.7 Å². The third kappa shape index (κ3) is 4.81. The molecule has 1 amide bonds. The van der Waals surface area contributed by atoms with Gasteiger partial charge < -0.3 is 5.32 Å². The lowest BCUT2D eigenvalue weighted by atomic mass is 10.1. The van der Waals surface area contributed by atoms with E-state index in [1.54, 1.807) is 18.3 Å². The van der Waals surface area contributed by atoms with E-state index in [4.69, 9.17) is 0 Å². The minimum absolute atomic E-state index is 0.0444. The second-order valence-corrected chi connectivity index (χ2v) is 9.94. The highest BCUT2D eigenvalue weighted by Gasteiger charge is 2.27. The van der Waals surface area contributed by atoms with Crippen LogP contribution in [0.4, 0.5) is 0 Å². The van der Waals surface area contributed by atoms with Crippen molar-refractivity contribution >= 4 is 37.5 Å². The molecule has 6 nitrogen and oxygen atoms in total. The van der Waals surface area contributed by atoms with Crippen LogP contribution in [-0.2, 0) is 21.2 Å². The van der Waals surface area contributed by atoms with Crippen LogP contribution in [0.15, 0.2) is 24.3 Å². The van der Waals surface area contributed by atoms with Crippen LogP contribution in [0.2, 0.25) is 0 Å². The van der Waals surface area contributed by atoms with Gasteiger partial charge in [-0.2, -0.15) is 0 Å². The summed E-state index contributed by atoms with van der Waals surface area (Å²) in [4.78, 5) is 16.7. The molecule has 0 radical (unpaired) electrons.